The molecule has 1 aromatic carbocycles. The Balaban J connectivity index is 2.45. The zero-order valence-corrected chi connectivity index (χ0v) is 8.70. The van der Waals surface area contributed by atoms with Gasteiger partial charge in [0.25, 0.3) is 0 Å². The van der Waals surface area contributed by atoms with Gasteiger partial charge in [-0.15, -0.1) is 0 Å². The van der Waals surface area contributed by atoms with Crippen LogP contribution in [0.2, 0.25) is 0 Å². The van der Waals surface area contributed by atoms with Gasteiger partial charge in [0.15, 0.2) is 0 Å². The summed E-state index contributed by atoms with van der Waals surface area (Å²) in [6.45, 7) is 4.86. The van der Waals surface area contributed by atoms with Crippen LogP contribution in [0, 0.1) is 23.2 Å². The van der Waals surface area contributed by atoms with Gasteiger partial charge < -0.3 is 5.32 Å². The zero-order chi connectivity index (χ0) is 10.4. The largest absolute Gasteiger partial charge is 0.384 e. The van der Waals surface area contributed by atoms with Gasteiger partial charge in [-0.3, -0.25) is 0 Å². The first kappa shape index (κ1) is 10.6. The van der Waals surface area contributed by atoms with Crippen LogP contribution in [0.4, 0.5) is 5.69 Å². The predicted molar refractivity (Wildman–Crippen MR) is 58.9 cm³/mol. The standard InChI is InChI=1S/C12H16N2/c1-10(2)11(8-13)9-14-12-6-4-3-5-7-12/h3-7,10-11,14H,9H2,1-2H3. The Bertz CT molecular complexity index is 298. The van der Waals surface area contributed by atoms with E-state index in [1.807, 2.05) is 30.3 Å². The van der Waals surface area contributed by atoms with Crippen LogP contribution in [0.25, 0.3) is 0 Å². The molecule has 2 nitrogen and oxygen atoms in total. The fraction of sp³-hybridized carbons (Fsp3) is 0.417. The Morgan fingerprint density at radius 3 is 2.43 bits per heavy atom. The van der Waals surface area contributed by atoms with Crippen LogP contribution in [0.15, 0.2) is 30.3 Å². The Hall–Kier alpha value is -1.49. The SMILES string of the molecule is CC(C)C(C#N)CNc1ccccc1. The van der Waals surface area contributed by atoms with Crippen molar-refractivity contribution in [3.8, 4) is 6.07 Å². The number of rotatable bonds is 4. The second kappa shape index (κ2) is 5.29. The van der Waals surface area contributed by atoms with Gasteiger partial charge in [-0.25, -0.2) is 0 Å². The van der Waals surface area contributed by atoms with Crippen molar-refractivity contribution in [1.82, 2.24) is 0 Å². The number of anilines is 1. The Morgan fingerprint density at radius 1 is 1.29 bits per heavy atom. The van der Waals surface area contributed by atoms with Crippen molar-refractivity contribution >= 4 is 5.69 Å². The van der Waals surface area contributed by atoms with E-state index in [1.165, 1.54) is 0 Å². The average Bonchev–Trinajstić information content (AvgIpc) is 2.20. The first-order chi connectivity index (χ1) is 6.74. The molecule has 0 bridgehead atoms. The van der Waals surface area contributed by atoms with Crippen molar-refractivity contribution in [2.24, 2.45) is 11.8 Å². The molecule has 0 amide bonds. The maximum atomic E-state index is 8.88. The second-order valence-corrected chi connectivity index (χ2v) is 3.73. The zero-order valence-electron chi connectivity index (χ0n) is 8.70. The molecule has 1 atom stereocenters. The van der Waals surface area contributed by atoms with E-state index in [0.29, 0.717) is 5.92 Å². The van der Waals surface area contributed by atoms with Gasteiger partial charge in [-0.05, 0) is 18.1 Å². The first-order valence-electron chi connectivity index (χ1n) is 4.92. The molecule has 74 valence electrons. The Labute approximate surface area is 85.6 Å². The lowest BCUT2D eigenvalue weighted by Crippen LogP contribution is -2.17. The third-order valence-corrected chi connectivity index (χ3v) is 2.27. The third kappa shape index (κ3) is 3.10. The van der Waals surface area contributed by atoms with Crippen LogP contribution in [0.1, 0.15) is 13.8 Å². The maximum absolute atomic E-state index is 8.88. The summed E-state index contributed by atoms with van der Waals surface area (Å²) in [5, 5.41) is 12.1. The minimum Gasteiger partial charge on any atom is -0.384 e. The molecule has 0 heterocycles. The van der Waals surface area contributed by atoms with Gasteiger partial charge in [0.2, 0.25) is 0 Å². The van der Waals surface area contributed by atoms with Crippen LogP contribution in [-0.2, 0) is 0 Å². The molecule has 0 radical (unpaired) electrons. The summed E-state index contributed by atoms with van der Waals surface area (Å²) in [4.78, 5) is 0. The lowest BCUT2D eigenvalue weighted by Gasteiger charge is -2.14. The van der Waals surface area contributed by atoms with E-state index in [-0.39, 0.29) is 5.92 Å². The van der Waals surface area contributed by atoms with Gasteiger partial charge in [-0.2, -0.15) is 5.26 Å². The van der Waals surface area contributed by atoms with Crippen LogP contribution < -0.4 is 5.32 Å². The Morgan fingerprint density at radius 2 is 1.93 bits per heavy atom. The van der Waals surface area contributed by atoms with Crippen LogP contribution >= 0.6 is 0 Å². The normalized spacial score (nSPS) is 12.1. The third-order valence-electron chi connectivity index (χ3n) is 2.27. The molecule has 0 saturated carbocycles. The van der Waals surface area contributed by atoms with E-state index in [9.17, 15) is 0 Å². The molecule has 1 rings (SSSR count). The molecule has 2 heteroatoms. The number of hydrogen-bond donors (Lipinski definition) is 1. The molecule has 1 N–H and O–H groups in total. The summed E-state index contributed by atoms with van der Waals surface area (Å²) in [6, 6.07) is 12.3. The molecule has 0 spiro atoms. The van der Waals surface area contributed by atoms with E-state index in [0.717, 1.165) is 12.2 Å². The molecule has 1 aromatic rings. The molecule has 0 aliphatic carbocycles. The monoisotopic (exact) mass is 188 g/mol. The number of hydrogen-bond acceptors (Lipinski definition) is 2. The molecule has 14 heavy (non-hydrogen) atoms. The molecule has 0 aliphatic rings. The Kier molecular flexibility index (Phi) is 4.00. The predicted octanol–water partition coefficient (Wildman–Crippen LogP) is 2.89. The lowest BCUT2D eigenvalue weighted by molar-refractivity contribution is 0.496. The maximum Gasteiger partial charge on any atom is 0.0677 e. The van der Waals surface area contributed by atoms with Crippen molar-refractivity contribution in [1.29, 1.82) is 5.26 Å². The number of nitrogens with zero attached hydrogens (tertiary/aromatic N) is 1. The smallest absolute Gasteiger partial charge is 0.0677 e. The number of nitrogens with one attached hydrogen (secondary N) is 1. The molecule has 0 aromatic heterocycles. The highest BCUT2D eigenvalue weighted by Gasteiger charge is 2.11. The highest BCUT2D eigenvalue weighted by Crippen LogP contribution is 2.12. The molecule has 1 unspecified atom stereocenters. The van der Waals surface area contributed by atoms with Crippen molar-refractivity contribution in [2.75, 3.05) is 11.9 Å². The van der Waals surface area contributed by atoms with E-state index in [2.05, 4.69) is 25.2 Å². The number of nitriles is 1. The van der Waals surface area contributed by atoms with Crippen molar-refractivity contribution in [3.63, 3.8) is 0 Å². The quantitative estimate of drug-likeness (QED) is 0.788. The van der Waals surface area contributed by atoms with Gasteiger partial charge in [0.1, 0.15) is 0 Å². The summed E-state index contributed by atoms with van der Waals surface area (Å²) >= 11 is 0. The minimum atomic E-state index is 0.0789. The van der Waals surface area contributed by atoms with Crippen molar-refractivity contribution < 1.29 is 0 Å². The summed E-state index contributed by atoms with van der Waals surface area (Å²) in [7, 11) is 0. The molecule has 0 aliphatic heterocycles. The van der Waals surface area contributed by atoms with Gasteiger partial charge in [0.05, 0.1) is 12.0 Å². The van der Waals surface area contributed by atoms with E-state index < -0.39 is 0 Å². The van der Waals surface area contributed by atoms with Crippen LogP contribution in [0.5, 0.6) is 0 Å². The fourth-order valence-corrected chi connectivity index (χ4v) is 1.21. The number of para-hydroxylation sites is 1. The van der Waals surface area contributed by atoms with E-state index in [1.54, 1.807) is 0 Å². The average molecular weight is 188 g/mol. The lowest BCUT2D eigenvalue weighted by atomic mass is 9.97. The van der Waals surface area contributed by atoms with E-state index >= 15 is 0 Å². The van der Waals surface area contributed by atoms with Gasteiger partial charge in [0, 0.05) is 12.2 Å². The highest BCUT2D eigenvalue weighted by molar-refractivity contribution is 5.42. The summed E-state index contributed by atoms with van der Waals surface area (Å²) < 4.78 is 0. The van der Waals surface area contributed by atoms with Crippen LogP contribution in [-0.4, -0.2) is 6.54 Å². The van der Waals surface area contributed by atoms with Crippen molar-refractivity contribution in [3.05, 3.63) is 30.3 Å². The van der Waals surface area contributed by atoms with Gasteiger partial charge in [-0.1, -0.05) is 32.0 Å². The van der Waals surface area contributed by atoms with Crippen LogP contribution in [0.3, 0.4) is 0 Å². The summed E-state index contributed by atoms with van der Waals surface area (Å²) in [5.41, 5.74) is 1.08. The topological polar surface area (TPSA) is 35.8 Å². The van der Waals surface area contributed by atoms with Gasteiger partial charge >= 0.3 is 0 Å². The number of benzene rings is 1. The molecular weight excluding hydrogens is 172 g/mol. The molecular formula is C12H16N2. The summed E-state index contributed by atoms with van der Waals surface area (Å²) in [5.74, 6) is 0.478. The molecule has 0 saturated heterocycles. The minimum absolute atomic E-state index is 0.0789. The second-order valence-electron chi connectivity index (χ2n) is 3.73. The van der Waals surface area contributed by atoms with Crippen molar-refractivity contribution in [2.45, 2.75) is 13.8 Å². The molecule has 0 fully saturated rings. The highest BCUT2D eigenvalue weighted by atomic mass is 14.9. The van der Waals surface area contributed by atoms with E-state index in [4.69, 9.17) is 5.26 Å². The first-order valence-corrected chi connectivity index (χ1v) is 4.92. The fourth-order valence-electron chi connectivity index (χ4n) is 1.21. The summed E-state index contributed by atoms with van der Waals surface area (Å²) in [6.07, 6.45) is 0.